The Hall–Kier alpha value is -2.00. The standard InChI is InChI=1S/C18H21NO2/c20-17-11-5-4-10-16(17)18(14-7-6-12-19-13-14)21-15-8-2-1-3-9-15/h1-5,8-11,14,18-20H,6-7,12-13H2. The first-order chi connectivity index (χ1) is 10.3. The summed E-state index contributed by atoms with van der Waals surface area (Å²) in [5.41, 5.74) is 0.870. The lowest BCUT2D eigenvalue weighted by Gasteiger charge is -2.31. The number of para-hydroxylation sites is 2. The van der Waals surface area contributed by atoms with Crippen LogP contribution in [0.1, 0.15) is 24.5 Å². The first-order valence-electron chi connectivity index (χ1n) is 7.55. The molecule has 110 valence electrons. The zero-order valence-electron chi connectivity index (χ0n) is 12.0. The third-order valence-corrected chi connectivity index (χ3v) is 4.01. The highest BCUT2D eigenvalue weighted by atomic mass is 16.5. The number of phenols is 1. The Morgan fingerprint density at radius 1 is 1.05 bits per heavy atom. The van der Waals surface area contributed by atoms with Crippen LogP contribution in [0, 0.1) is 5.92 Å². The van der Waals surface area contributed by atoms with E-state index in [2.05, 4.69) is 5.32 Å². The Morgan fingerprint density at radius 2 is 1.81 bits per heavy atom. The first kappa shape index (κ1) is 14.0. The predicted molar refractivity (Wildman–Crippen MR) is 83.5 cm³/mol. The number of phenolic OH excluding ortho intramolecular Hbond substituents is 1. The Labute approximate surface area is 125 Å². The van der Waals surface area contributed by atoms with Crippen LogP contribution in [0.5, 0.6) is 11.5 Å². The number of hydrogen-bond acceptors (Lipinski definition) is 3. The topological polar surface area (TPSA) is 41.5 Å². The average molecular weight is 283 g/mol. The van der Waals surface area contributed by atoms with Crippen molar-refractivity contribution in [3.63, 3.8) is 0 Å². The smallest absolute Gasteiger partial charge is 0.131 e. The summed E-state index contributed by atoms with van der Waals surface area (Å²) in [4.78, 5) is 0. The molecule has 0 aliphatic carbocycles. The molecule has 3 nitrogen and oxygen atoms in total. The van der Waals surface area contributed by atoms with Crippen LogP contribution in [-0.4, -0.2) is 18.2 Å². The van der Waals surface area contributed by atoms with Crippen LogP contribution in [0.3, 0.4) is 0 Å². The van der Waals surface area contributed by atoms with Gasteiger partial charge in [0.05, 0.1) is 0 Å². The van der Waals surface area contributed by atoms with Gasteiger partial charge < -0.3 is 15.2 Å². The van der Waals surface area contributed by atoms with E-state index < -0.39 is 0 Å². The highest BCUT2D eigenvalue weighted by Gasteiger charge is 2.28. The lowest BCUT2D eigenvalue weighted by atomic mass is 9.89. The van der Waals surface area contributed by atoms with E-state index in [9.17, 15) is 5.11 Å². The molecule has 2 unspecified atom stereocenters. The number of piperidine rings is 1. The van der Waals surface area contributed by atoms with Crippen LogP contribution >= 0.6 is 0 Å². The molecule has 1 aliphatic rings. The Balaban J connectivity index is 1.89. The molecule has 3 heteroatoms. The molecule has 0 bridgehead atoms. The molecular weight excluding hydrogens is 262 g/mol. The minimum Gasteiger partial charge on any atom is -0.508 e. The predicted octanol–water partition coefficient (Wildman–Crippen LogP) is 3.51. The quantitative estimate of drug-likeness (QED) is 0.902. The largest absolute Gasteiger partial charge is 0.508 e. The van der Waals surface area contributed by atoms with Crippen molar-refractivity contribution in [1.29, 1.82) is 0 Å². The van der Waals surface area contributed by atoms with Crippen molar-refractivity contribution in [1.82, 2.24) is 5.32 Å². The van der Waals surface area contributed by atoms with Gasteiger partial charge in [0.15, 0.2) is 0 Å². The maximum Gasteiger partial charge on any atom is 0.131 e. The lowest BCUT2D eigenvalue weighted by Crippen LogP contribution is -2.35. The fourth-order valence-corrected chi connectivity index (χ4v) is 2.92. The van der Waals surface area contributed by atoms with Crippen LogP contribution in [0.25, 0.3) is 0 Å². The van der Waals surface area contributed by atoms with Crippen molar-refractivity contribution in [3.05, 3.63) is 60.2 Å². The molecule has 2 aromatic rings. The molecule has 1 aliphatic heterocycles. The summed E-state index contributed by atoms with van der Waals surface area (Å²) in [6.45, 7) is 1.99. The highest BCUT2D eigenvalue weighted by molar-refractivity contribution is 5.35. The third kappa shape index (κ3) is 3.37. The van der Waals surface area contributed by atoms with Crippen LogP contribution < -0.4 is 10.1 Å². The molecule has 1 saturated heterocycles. The summed E-state index contributed by atoms with van der Waals surface area (Å²) in [6, 6.07) is 17.3. The minimum absolute atomic E-state index is 0.124. The van der Waals surface area contributed by atoms with Crippen LogP contribution in [0.2, 0.25) is 0 Å². The van der Waals surface area contributed by atoms with Gasteiger partial charge in [0.1, 0.15) is 17.6 Å². The maximum absolute atomic E-state index is 10.2. The second-order valence-electron chi connectivity index (χ2n) is 5.52. The summed E-state index contributed by atoms with van der Waals surface area (Å²) in [6.07, 6.45) is 2.13. The minimum atomic E-state index is -0.124. The lowest BCUT2D eigenvalue weighted by molar-refractivity contribution is 0.113. The van der Waals surface area contributed by atoms with Crippen molar-refractivity contribution in [2.75, 3.05) is 13.1 Å². The molecule has 0 spiro atoms. The van der Waals surface area contributed by atoms with Gasteiger partial charge in [0.2, 0.25) is 0 Å². The van der Waals surface area contributed by atoms with Crippen molar-refractivity contribution in [2.24, 2.45) is 5.92 Å². The molecule has 2 aromatic carbocycles. The van der Waals surface area contributed by atoms with Gasteiger partial charge >= 0.3 is 0 Å². The Kier molecular flexibility index (Phi) is 4.41. The summed E-state index contributed by atoms with van der Waals surface area (Å²) in [7, 11) is 0. The SMILES string of the molecule is Oc1ccccc1C(Oc1ccccc1)C1CCCNC1. The van der Waals surface area contributed by atoms with Gasteiger partial charge in [-0.15, -0.1) is 0 Å². The van der Waals surface area contributed by atoms with Gasteiger partial charge in [0.25, 0.3) is 0 Å². The monoisotopic (exact) mass is 283 g/mol. The second-order valence-corrected chi connectivity index (χ2v) is 5.52. The van der Waals surface area contributed by atoms with Crippen molar-refractivity contribution < 1.29 is 9.84 Å². The first-order valence-corrected chi connectivity index (χ1v) is 7.55. The number of ether oxygens (including phenoxy) is 1. The van der Waals surface area contributed by atoms with Crippen LogP contribution in [0.4, 0.5) is 0 Å². The molecule has 1 fully saturated rings. The molecule has 0 aromatic heterocycles. The maximum atomic E-state index is 10.2. The van der Waals surface area contributed by atoms with Gasteiger partial charge in [-0.1, -0.05) is 36.4 Å². The van der Waals surface area contributed by atoms with Gasteiger partial charge in [-0.25, -0.2) is 0 Å². The normalized spacial score (nSPS) is 19.9. The zero-order valence-corrected chi connectivity index (χ0v) is 12.0. The third-order valence-electron chi connectivity index (χ3n) is 4.01. The summed E-state index contributed by atoms with van der Waals surface area (Å²) in [5.74, 6) is 1.52. The van der Waals surface area contributed by atoms with E-state index in [0.717, 1.165) is 37.2 Å². The number of aromatic hydroxyl groups is 1. The van der Waals surface area contributed by atoms with Crippen molar-refractivity contribution in [2.45, 2.75) is 18.9 Å². The number of rotatable bonds is 4. The molecule has 0 saturated carbocycles. The van der Waals surface area contributed by atoms with Crippen LogP contribution in [-0.2, 0) is 0 Å². The van der Waals surface area contributed by atoms with Crippen molar-refractivity contribution >= 4 is 0 Å². The van der Waals surface area contributed by atoms with E-state index >= 15 is 0 Å². The fraction of sp³-hybridized carbons (Fsp3) is 0.333. The molecule has 1 heterocycles. The fourth-order valence-electron chi connectivity index (χ4n) is 2.92. The zero-order chi connectivity index (χ0) is 14.5. The van der Waals surface area contributed by atoms with Crippen molar-refractivity contribution in [3.8, 4) is 11.5 Å². The number of nitrogens with one attached hydrogen (secondary N) is 1. The van der Waals surface area contributed by atoms with E-state index in [1.807, 2.05) is 48.5 Å². The van der Waals surface area contributed by atoms with Crippen LogP contribution in [0.15, 0.2) is 54.6 Å². The molecule has 3 rings (SSSR count). The second kappa shape index (κ2) is 6.64. The van der Waals surface area contributed by atoms with Gasteiger partial charge in [-0.3, -0.25) is 0 Å². The highest BCUT2D eigenvalue weighted by Crippen LogP contribution is 2.36. The van der Waals surface area contributed by atoms with E-state index in [1.54, 1.807) is 6.07 Å². The number of benzene rings is 2. The average Bonchev–Trinajstić information content (AvgIpc) is 2.55. The summed E-state index contributed by atoms with van der Waals surface area (Å²) in [5, 5.41) is 13.6. The number of hydrogen-bond donors (Lipinski definition) is 2. The summed E-state index contributed by atoms with van der Waals surface area (Å²) < 4.78 is 6.22. The van der Waals surface area contributed by atoms with E-state index in [1.165, 1.54) is 0 Å². The molecule has 21 heavy (non-hydrogen) atoms. The molecular formula is C18H21NO2. The molecule has 2 atom stereocenters. The molecule has 0 amide bonds. The summed E-state index contributed by atoms with van der Waals surface area (Å²) >= 11 is 0. The molecule has 0 radical (unpaired) electrons. The van der Waals surface area contributed by atoms with E-state index in [4.69, 9.17) is 4.74 Å². The molecule has 2 N–H and O–H groups in total. The van der Waals surface area contributed by atoms with Gasteiger partial charge in [-0.2, -0.15) is 0 Å². The van der Waals surface area contributed by atoms with Gasteiger partial charge in [0, 0.05) is 18.0 Å². The Bertz CT molecular complexity index is 564. The van der Waals surface area contributed by atoms with Gasteiger partial charge in [-0.05, 0) is 37.6 Å². The van der Waals surface area contributed by atoms with E-state index in [0.29, 0.717) is 11.7 Å². The Morgan fingerprint density at radius 3 is 2.52 bits per heavy atom. The van der Waals surface area contributed by atoms with E-state index in [-0.39, 0.29) is 6.10 Å².